The SMILES string of the molecule is CCOC(O)C1C2=C(SC1N)C(C(O)OC(C)(C)C)CCC2. The molecule has 2 rings (SSSR count). The molecule has 4 N–H and O–H groups in total. The fraction of sp³-hybridized carbons (Fsp3) is 0.875. The number of ether oxygens (including phenoxy) is 2. The standard InChI is InChI=1S/C16H29NO4S/c1-5-20-15(19)11-9-7-6-8-10(12(9)22-13(11)17)14(18)21-16(2,3)4/h10-11,13-15,18-19H,5-8,17H2,1-4H3. The van der Waals surface area contributed by atoms with E-state index >= 15 is 0 Å². The van der Waals surface area contributed by atoms with Crippen molar-refractivity contribution in [2.75, 3.05) is 6.61 Å². The molecule has 0 bridgehead atoms. The number of nitrogens with two attached hydrogens (primary N) is 1. The third kappa shape index (κ3) is 4.04. The topological polar surface area (TPSA) is 84.9 Å². The normalized spacial score (nSPS) is 32.0. The third-order valence-corrected chi connectivity index (χ3v) is 5.48. The van der Waals surface area contributed by atoms with E-state index < -0.39 is 18.2 Å². The highest BCUT2D eigenvalue weighted by molar-refractivity contribution is 8.03. The molecule has 2 aliphatic rings. The number of thioether (sulfide) groups is 1. The van der Waals surface area contributed by atoms with Gasteiger partial charge in [0.25, 0.3) is 0 Å². The van der Waals surface area contributed by atoms with E-state index in [0.29, 0.717) is 6.61 Å². The molecule has 5 unspecified atom stereocenters. The maximum atomic E-state index is 10.5. The van der Waals surface area contributed by atoms with E-state index in [2.05, 4.69) is 0 Å². The molecule has 5 nitrogen and oxygen atoms in total. The first-order chi connectivity index (χ1) is 10.2. The van der Waals surface area contributed by atoms with Gasteiger partial charge in [-0.3, -0.25) is 0 Å². The zero-order valence-corrected chi connectivity index (χ0v) is 14.7. The predicted molar refractivity (Wildman–Crippen MR) is 87.9 cm³/mol. The molecule has 0 spiro atoms. The van der Waals surface area contributed by atoms with Crippen LogP contribution in [0.3, 0.4) is 0 Å². The Kier molecular flexibility index (Phi) is 5.96. The van der Waals surface area contributed by atoms with Crippen molar-refractivity contribution in [3.8, 4) is 0 Å². The van der Waals surface area contributed by atoms with Crippen molar-refractivity contribution in [2.24, 2.45) is 17.6 Å². The molecule has 0 fully saturated rings. The number of hydrogen-bond acceptors (Lipinski definition) is 6. The van der Waals surface area contributed by atoms with Crippen LogP contribution in [0, 0.1) is 11.8 Å². The van der Waals surface area contributed by atoms with E-state index in [4.69, 9.17) is 15.2 Å². The predicted octanol–water partition coefficient (Wildman–Crippen LogP) is 2.18. The molecule has 1 aliphatic carbocycles. The van der Waals surface area contributed by atoms with Crippen LogP contribution in [0.4, 0.5) is 0 Å². The minimum Gasteiger partial charge on any atom is -0.367 e. The van der Waals surface area contributed by atoms with Gasteiger partial charge in [0.2, 0.25) is 0 Å². The molecule has 0 saturated heterocycles. The molecule has 1 heterocycles. The molecule has 22 heavy (non-hydrogen) atoms. The van der Waals surface area contributed by atoms with E-state index in [9.17, 15) is 10.2 Å². The fourth-order valence-corrected chi connectivity index (χ4v) is 4.78. The van der Waals surface area contributed by atoms with E-state index in [-0.39, 0.29) is 17.2 Å². The number of hydrogen-bond donors (Lipinski definition) is 3. The van der Waals surface area contributed by atoms with Gasteiger partial charge in [0.1, 0.15) is 0 Å². The fourth-order valence-electron chi connectivity index (χ4n) is 3.24. The van der Waals surface area contributed by atoms with E-state index in [1.807, 2.05) is 27.7 Å². The summed E-state index contributed by atoms with van der Waals surface area (Å²) < 4.78 is 11.1. The van der Waals surface area contributed by atoms with Gasteiger partial charge < -0.3 is 25.4 Å². The smallest absolute Gasteiger partial charge is 0.163 e. The summed E-state index contributed by atoms with van der Waals surface area (Å²) in [6.45, 7) is 8.12. The molecule has 0 aromatic heterocycles. The van der Waals surface area contributed by atoms with Crippen molar-refractivity contribution >= 4 is 11.8 Å². The van der Waals surface area contributed by atoms with E-state index in [1.165, 1.54) is 0 Å². The van der Waals surface area contributed by atoms with Crippen LogP contribution >= 0.6 is 11.8 Å². The molecular weight excluding hydrogens is 302 g/mol. The first kappa shape index (κ1) is 18.2. The lowest BCUT2D eigenvalue weighted by Gasteiger charge is -2.33. The van der Waals surface area contributed by atoms with E-state index in [1.54, 1.807) is 11.8 Å². The van der Waals surface area contributed by atoms with Crippen LogP contribution in [0.5, 0.6) is 0 Å². The minimum absolute atomic E-state index is 0.0575. The number of rotatable bonds is 5. The van der Waals surface area contributed by atoms with Crippen LogP contribution in [0.25, 0.3) is 0 Å². The van der Waals surface area contributed by atoms with Crippen LogP contribution in [0.15, 0.2) is 10.5 Å². The van der Waals surface area contributed by atoms with Crippen molar-refractivity contribution in [1.29, 1.82) is 0 Å². The average molecular weight is 331 g/mol. The monoisotopic (exact) mass is 331 g/mol. The maximum absolute atomic E-state index is 10.5. The molecule has 128 valence electrons. The Bertz CT molecular complexity index is 421. The Labute approximate surface area is 137 Å². The summed E-state index contributed by atoms with van der Waals surface area (Å²) in [7, 11) is 0. The third-order valence-electron chi connectivity index (χ3n) is 4.10. The van der Waals surface area contributed by atoms with Crippen LogP contribution in [0.1, 0.15) is 47.0 Å². The molecule has 6 heteroatoms. The van der Waals surface area contributed by atoms with Gasteiger partial charge in [-0.1, -0.05) is 0 Å². The molecule has 5 atom stereocenters. The summed E-state index contributed by atoms with van der Waals surface area (Å²) >= 11 is 1.55. The van der Waals surface area contributed by atoms with E-state index in [0.717, 1.165) is 29.7 Å². The Hall–Kier alpha value is -0.110. The second kappa shape index (κ2) is 7.20. The van der Waals surface area contributed by atoms with Gasteiger partial charge in [0.15, 0.2) is 12.6 Å². The van der Waals surface area contributed by atoms with Gasteiger partial charge in [-0.05, 0) is 57.4 Å². The first-order valence-electron chi connectivity index (χ1n) is 8.05. The Balaban J connectivity index is 2.19. The molecule has 0 radical (unpaired) electrons. The van der Waals surface area contributed by atoms with Crippen molar-refractivity contribution < 1.29 is 19.7 Å². The quantitative estimate of drug-likeness (QED) is 0.670. The van der Waals surface area contributed by atoms with Crippen molar-refractivity contribution in [2.45, 2.75) is 70.5 Å². The van der Waals surface area contributed by atoms with Crippen molar-refractivity contribution in [3.05, 3.63) is 10.5 Å². The van der Waals surface area contributed by atoms with Gasteiger partial charge in [0.05, 0.1) is 16.9 Å². The Morgan fingerprint density at radius 2 is 2.00 bits per heavy atom. The van der Waals surface area contributed by atoms with Crippen LogP contribution in [0.2, 0.25) is 0 Å². The largest absolute Gasteiger partial charge is 0.367 e. The van der Waals surface area contributed by atoms with Crippen LogP contribution < -0.4 is 5.73 Å². The van der Waals surface area contributed by atoms with Gasteiger partial charge >= 0.3 is 0 Å². The molecule has 0 aromatic rings. The lowest BCUT2D eigenvalue weighted by molar-refractivity contribution is -0.186. The second-order valence-electron chi connectivity index (χ2n) is 6.96. The highest BCUT2D eigenvalue weighted by atomic mass is 32.2. The van der Waals surface area contributed by atoms with Gasteiger partial charge in [0, 0.05) is 12.5 Å². The van der Waals surface area contributed by atoms with Crippen molar-refractivity contribution in [1.82, 2.24) is 0 Å². The first-order valence-corrected chi connectivity index (χ1v) is 8.93. The van der Waals surface area contributed by atoms with Crippen LogP contribution in [-0.4, -0.2) is 40.4 Å². The average Bonchev–Trinajstić information content (AvgIpc) is 2.72. The van der Waals surface area contributed by atoms with Gasteiger partial charge in [-0.15, -0.1) is 11.8 Å². The van der Waals surface area contributed by atoms with Crippen LogP contribution in [-0.2, 0) is 9.47 Å². The minimum atomic E-state index is -0.876. The summed E-state index contributed by atoms with van der Waals surface area (Å²) in [5, 5.41) is 20.5. The highest BCUT2D eigenvalue weighted by Gasteiger charge is 2.44. The summed E-state index contributed by atoms with van der Waals surface area (Å²) in [5.41, 5.74) is 6.97. The lowest BCUT2D eigenvalue weighted by Crippen LogP contribution is -2.36. The van der Waals surface area contributed by atoms with Crippen molar-refractivity contribution in [3.63, 3.8) is 0 Å². The van der Waals surface area contributed by atoms with Gasteiger partial charge in [-0.25, -0.2) is 0 Å². The number of aliphatic hydroxyl groups excluding tert-OH is 2. The Morgan fingerprint density at radius 3 is 2.59 bits per heavy atom. The lowest BCUT2D eigenvalue weighted by atomic mass is 9.83. The summed E-state index contributed by atoms with van der Waals surface area (Å²) in [6.07, 6.45) is 1.04. The zero-order chi connectivity index (χ0) is 16.5. The molecule has 0 saturated carbocycles. The maximum Gasteiger partial charge on any atom is 0.163 e. The van der Waals surface area contributed by atoms with Gasteiger partial charge in [-0.2, -0.15) is 0 Å². The summed E-state index contributed by atoms with van der Waals surface area (Å²) in [5.74, 6) is -0.248. The molecule has 0 aromatic carbocycles. The second-order valence-corrected chi connectivity index (χ2v) is 8.18. The molecular formula is C16H29NO4S. The Morgan fingerprint density at radius 1 is 1.32 bits per heavy atom. The molecule has 0 amide bonds. The number of aliphatic hydroxyl groups is 2. The molecule has 1 aliphatic heterocycles. The summed E-state index contributed by atoms with van der Waals surface area (Å²) in [6, 6.07) is 0. The zero-order valence-electron chi connectivity index (χ0n) is 13.9. The summed E-state index contributed by atoms with van der Waals surface area (Å²) in [4.78, 5) is 1.10. The highest BCUT2D eigenvalue weighted by Crippen LogP contribution is 2.51.